The molecular weight excluding hydrogens is 334 g/mol. The zero-order chi connectivity index (χ0) is 18.9. The molecule has 27 heavy (non-hydrogen) atoms. The van der Waals surface area contributed by atoms with Crippen LogP contribution >= 0.6 is 0 Å². The van der Waals surface area contributed by atoms with Crippen molar-refractivity contribution in [2.45, 2.75) is 38.8 Å². The van der Waals surface area contributed by atoms with Crippen LogP contribution in [0.3, 0.4) is 0 Å². The second kappa shape index (κ2) is 7.28. The van der Waals surface area contributed by atoms with E-state index in [9.17, 15) is 0 Å². The molecule has 0 spiro atoms. The molecule has 2 N–H and O–H groups in total. The predicted octanol–water partition coefficient (Wildman–Crippen LogP) is 4.33. The fraction of sp³-hybridized carbons (Fsp3) is 0.391. The number of hydrogen-bond acceptors (Lipinski definition) is 4. The van der Waals surface area contributed by atoms with Crippen molar-refractivity contribution in [2.75, 3.05) is 13.2 Å². The number of aliphatic imine (C=N–C) groups is 2. The summed E-state index contributed by atoms with van der Waals surface area (Å²) in [5.74, 6) is 0.861. The van der Waals surface area contributed by atoms with Gasteiger partial charge in [-0.15, -0.1) is 0 Å². The van der Waals surface area contributed by atoms with Gasteiger partial charge in [-0.05, 0) is 48.9 Å². The largest absolute Gasteiger partial charge is 0.382 e. The molecule has 1 saturated heterocycles. The average molecular weight is 361 g/mol. The van der Waals surface area contributed by atoms with E-state index in [1.54, 1.807) is 0 Å². The first kappa shape index (κ1) is 17.9. The van der Waals surface area contributed by atoms with Crippen molar-refractivity contribution < 1.29 is 4.74 Å². The third-order valence-electron chi connectivity index (χ3n) is 5.75. The average Bonchev–Trinajstić information content (AvgIpc) is 3.04. The predicted molar refractivity (Wildman–Crippen MR) is 111 cm³/mol. The molecule has 1 fully saturated rings. The van der Waals surface area contributed by atoms with Gasteiger partial charge in [-0.3, -0.25) is 4.99 Å². The minimum Gasteiger partial charge on any atom is -0.382 e. The Balaban J connectivity index is 1.80. The van der Waals surface area contributed by atoms with Crippen molar-refractivity contribution in [3.8, 4) is 11.1 Å². The molecule has 1 atom stereocenters. The van der Waals surface area contributed by atoms with E-state index in [0.29, 0.717) is 11.8 Å². The fourth-order valence-electron chi connectivity index (χ4n) is 4.15. The van der Waals surface area contributed by atoms with E-state index in [-0.39, 0.29) is 0 Å². The summed E-state index contributed by atoms with van der Waals surface area (Å²) in [6, 6.07) is 17.4. The van der Waals surface area contributed by atoms with Gasteiger partial charge in [-0.25, -0.2) is 4.99 Å². The Bertz CT molecular complexity index is 876. The summed E-state index contributed by atoms with van der Waals surface area (Å²) in [5.41, 5.74) is 11.3. The van der Waals surface area contributed by atoms with E-state index in [1.165, 1.54) is 16.7 Å². The van der Waals surface area contributed by atoms with E-state index in [1.807, 2.05) is 6.92 Å². The first-order valence-corrected chi connectivity index (χ1v) is 9.82. The first-order valence-electron chi connectivity index (χ1n) is 9.82. The zero-order valence-electron chi connectivity index (χ0n) is 16.1. The fourth-order valence-corrected chi connectivity index (χ4v) is 4.15. The molecule has 0 saturated carbocycles. The molecule has 0 amide bonds. The van der Waals surface area contributed by atoms with Crippen LogP contribution in [-0.2, 0) is 16.8 Å². The highest BCUT2D eigenvalue weighted by atomic mass is 16.5. The van der Waals surface area contributed by atoms with E-state index in [0.717, 1.165) is 43.8 Å². The van der Waals surface area contributed by atoms with Gasteiger partial charge >= 0.3 is 0 Å². The second-order valence-corrected chi connectivity index (χ2v) is 7.44. The summed E-state index contributed by atoms with van der Waals surface area (Å²) in [4.78, 5) is 9.89. The molecule has 140 valence electrons. The number of rotatable bonds is 4. The van der Waals surface area contributed by atoms with Crippen molar-refractivity contribution in [3.05, 3.63) is 59.7 Å². The van der Waals surface area contributed by atoms with E-state index < -0.39 is 5.66 Å². The lowest BCUT2D eigenvalue weighted by Crippen LogP contribution is -2.35. The maximum absolute atomic E-state index is 6.17. The van der Waals surface area contributed by atoms with Gasteiger partial charge in [-0.1, -0.05) is 49.4 Å². The van der Waals surface area contributed by atoms with Crippen molar-refractivity contribution in [1.29, 1.82) is 0 Å². The summed E-state index contributed by atoms with van der Waals surface area (Å²) >= 11 is 0. The smallest absolute Gasteiger partial charge is 0.181 e. The van der Waals surface area contributed by atoms with Crippen LogP contribution in [0.2, 0.25) is 0 Å². The SMILES string of the molecule is CCc1cccc(-c2cccc(C3(C4CCOCC4)N=C(C)C(N)=N3)c2)c1. The molecule has 1 unspecified atom stereocenters. The highest BCUT2D eigenvalue weighted by molar-refractivity contribution is 6.41. The summed E-state index contributed by atoms with van der Waals surface area (Å²) in [6.07, 6.45) is 2.93. The number of amidine groups is 1. The summed E-state index contributed by atoms with van der Waals surface area (Å²) < 4.78 is 5.58. The van der Waals surface area contributed by atoms with E-state index >= 15 is 0 Å². The third-order valence-corrected chi connectivity index (χ3v) is 5.75. The summed E-state index contributed by atoms with van der Waals surface area (Å²) in [7, 11) is 0. The molecule has 0 radical (unpaired) electrons. The molecule has 2 aromatic rings. The third kappa shape index (κ3) is 3.30. The zero-order valence-corrected chi connectivity index (χ0v) is 16.1. The minimum absolute atomic E-state index is 0.305. The Morgan fingerprint density at radius 3 is 2.41 bits per heavy atom. The molecule has 2 aromatic carbocycles. The number of ether oxygens (including phenoxy) is 1. The number of nitrogens with zero attached hydrogens (tertiary/aromatic N) is 2. The number of benzene rings is 2. The van der Waals surface area contributed by atoms with Gasteiger partial charge < -0.3 is 10.5 Å². The van der Waals surface area contributed by atoms with Crippen LogP contribution in [0.15, 0.2) is 58.5 Å². The highest BCUT2D eigenvalue weighted by Crippen LogP contribution is 2.44. The summed E-state index contributed by atoms with van der Waals surface area (Å²) in [5, 5.41) is 0. The lowest BCUT2D eigenvalue weighted by atomic mass is 9.81. The van der Waals surface area contributed by atoms with Crippen molar-refractivity contribution in [1.82, 2.24) is 0 Å². The maximum atomic E-state index is 6.17. The Labute approximate surface area is 161 Å². The first-order chi connectivity index (χ1) is 13.1. The molecule has 2 heterocycles. The topological polar surface area (TPSA) is 60.0 Å². The van der Waals surface area contributed by atoms with Crippen molar-refractivity contribution in [3.63, 3.8) is 0 Å². The van der Waals surface area contributed by atoms with Crippen molar-refractivity contribution >= 4 is 11.5 Å². The Kier molecular flexibility index (Phi) is 4.83. The van der Waals surface area contributed by atoms with Crippen LogP contribution < -0.4 is 5.73 Å². The molecular formula is C23H27N3O. The van der Waals surface area contributed by atoms with Crippen LogP contribution in [0.1, 0.15) is 37.8 Å². The molecule has 4 heteroatoms. The molecule has 4 rings (SSSR count). The molecule has 0 aliphatic carbocycles. The van der Waals surface area contributed by atoms with E-state index in [4.69, 9.17) is 20.5 Å². The molecule has 4 nitrogen and oxygen atoms in total. The lowest BCUT2D eigenvalue weighted by Gasteiger charge is -2.35. The van der Waals surface area contributed by atoms with E-state index in [2.05, 4.69) is 55.5 Å². The standard InChI is InChI=1S/C23H27N3O/c1-3-17-6-4-7-18(14-17)19-8-5-9-21(15-19)23(20-10-12-27-13-11-20)25-16(2)22(24)26-23/h4-9,14-15,20H,3,10-13H2,1-2H3,(H2,24,26). The number of hydrogen-bond donors (Lipinski definition) is 1. The number of aryl methyl sites for hydroxylation is 1. The van der Waals surface area contributed by atoms with Gasteiger partial charge in [0.05, 0.1) is 5.71 Å². The van der Waals surface area contributed by atoms with Gasteiger partial charge in [0, 0.05) is 24.7 Å². The molecule has 0 bridgehead atoms. The monoisotopic (exact) mass is 361 g/mol. The van der Waals surface area contributed by atoms with Crippen LogP contribution in [0.25, 0.3) is 11.1 Å². The Hall–Kier alpha value is -2.46. The van der Waals surface area contributed by atoms with Crippen LogP contribution in [0.5, 0.6) is 0 Å². The van der Waals surface area contributed by atoms with Crippen LogP contribution in [0, 0.1) is 5.92 Å². The normalized spacial score (nSPS) is 23.2. The summed E-state index contributed by atoms with van der Waals surface area (Å²) in [6.45, 7) is 5.65. The van der Waals surface area contributed by atoms with Gasteiger partial charge in [-0.2, -0.15) is 0 Å². The second-order valence-electron chi connectivity index (χ2n) is 7.44. The van der Waals surface area contributed by atoms with Crippen molar-refractivity contribution in [2.24, 2.45) is 21.6 Å². The lowest BCUT2D eigenvalue weighted by molar-refractivity contribution is 0.0403. The van der Waals surface area contributed by atoms with Gasteiger partial charge in [0.2, 0.25) is 0 Å². The highest BCUT2D eigenvalue weighted by Gasteiger charge is 2.44. The Morgan fingerprint density at radius 2 is 1.74 bits per heavy atom. The quantitative estimate of drug-likeness (QED) is 0.881. The van der Waals surface area contributed by atoms with Crippen LogP contribution in [0.4, 0.5) is 0 Å². The number of nitrogens with two attached hydrogens (primary N) is 1. The Morgan fingerprint density at radius 1 is 1.04 bits per heavy atom. The molecule has 2 aliphatic rings. The van der Waals surface area contributed by atoms with Gasteiger partial charge in [0.15, 0.2) is 5.66 Å². The maximum Gasteiger partial charge on any atom is 0.181 e. The molecule has 0 aromatic heterocycles. The van der Waals surface area contributed by atoms with Gasteiger partial charge in [0.1, 0.15) is 5.84 Å². The van der Waals surface area contributed by atoms with Crippen LogP contribution in [-0.4, -0.2) is 24.8 Å². The minimum atomic E-state index is -0.615. The van der Waals surface area contributed by atoms with Gasteiger partial charge in [0.25, 0.3) is 0 Å². The molecule has 2 aliphatic heterocycles.